The lowest BCUT2D eigenvalue weighted by molar-refractivity contribution is -0.116. The highest BCUT2D eigenvalue weighted by molar-refractivity contribution is 7.92. The lowest BCUT2D eigenvalue weighted by Gasteiger charge is -2.27. The Labute approximate surface area is 165 Å². The number of nitrogens with one attached hydrogen (secondary N) is 1. The van der Waals surface area contributed by atoms with Crippen LogP contribution >= 0.6 is 11.3 Å². The van der Waals surface area contributed by atoms with Gasteiger partial charge in [0, 0.05) is 5.56 Å². The fraction of sp³-hybridized carbons (Fsp3) is 0.167. The Bertz CT molecular complexity index is 1090. The van der Waals surface area contributed by atoms with Crippen LogP contribution in [0.15, 0.2) is 54.6 Å². The second kappa shape index (κ2) is 8.03. The summed E-state index contributed by atoms with van der Waals surface area (Å²) in [5.41, 5.74) is 0.915. The number of amides is 1. The number of halogens is 1. The van der Waals surface area contributed by atoms with Gasteiger partial charge in [-0.3, -0.25) is 14.4 Å². The molecule has 0 saturated carbocycles. The van der Waals surface area contributed by atoms with Crippen molar-refractivity contribution < 1.29 is 17.6 Å². The van der Waals surface area contributed by atoms with Crippen LogP contribution in [0.1, 0.15) is 6.92 Å². The van der Waals surface area contributed by atoms with E-state index < -0.39 is 27.8 Å². The SMILES string of the molecule is C[C@@H](C(=O)Nc1nnc(-c2ccccc2)s1)N(c1cccc(F)c1)S(C)(=O)=O. The van der Waals surface area contributed by atoms with Gasteiger partial charge in [0.2, 0.25) is 21.1 Å². The maximum atomic E-state index is 13.6. The van der Waals surface area contributed by atoms with Crippen LogP contribution in [-0.4, -0.2) is 36.8 Å². The number of carbonyl (C=O) groups excluding carboxylic acids is 1. The quantitative estimate of drug-likeness (QED) is 0.661. The number of nitrogens with zero attached hydrogens (tertiary/aromatic N) is 3. The first kappa shape index (κ1) is 19.9. The molecule has 28 heavy (non-hydrogen) atoms. The summed E-state index contributed by atoms with van der Waals surface area (Å²) in [6, 6.07) is 13.3. The number of hydrogen-bond donors (Lipinski definition) is 1. The van der Waals surface area contributed by atoms with Crippen molar-refractivity contribution in [3.05, 3.63) is 60.4 Å². The summed E-state index contributed by atoms with van der Waals surface area (Å²) in [4.78, 5) is 12.6. The minimum Gasteiger partial charge on any atom is -0.299 e. The number of benzene rings is 2. The van der Waals surface area contributed by atoms with Crippen LogP contribution in [-0.2, 0) is 14.8 Å². The summed E-state index contributed by atoms with van der Waals surface area (Å²) in [6.07, 6.45) is 0.958. The monoisotopic (exact) mass is 420 g/mol. The molecule has 10 heteroatoms. The van der Waals surface area contributed by atoms with Crippen molar-refractivity contribution in [3.63, 3.8) is 0 Å². The van der Waals surface area contributed by atoms with Crippen LogP contribution in [0.5, 0.6) is 0 Å². The maximum Gasteiger partial charge on any atom is 0.249 e. The average Bonchev–Trinajstić information content (AvgIpc) is 3.10. The van der Waals surface area contributed by atoms with E-state index in [1.54, 1.807) is 0 Å². The van der Waals surface area contributed by atoms with Gasteiger partial charge in [-0.1, -0.05) is 47.7 Å². The minimum absolute atomic E-state index is 0.0624. The third-order valence-electron chi connectivity index (χ3n) is 3.83. The van der Waals surface area contributed by atoms with Crippen LogP contribution in [0.3, 0.4) is 0 Å². The van der Waals surface area contributed by atoms with E-state index in [4.69, 9.17) is 0 Å². The molecule has 0 fully saturated rings. The molecule has 0 unspecified atom stereocenters. The largest absolute Gasteiger partial charge is 0.299 e. The third kappa shape index (κ3) is 4.52. The van der Waals surface area contributed by atoms with Crippen molar-refractivity contribution in [2.45, 2.75) is 13.0 Å². The molecule has 1 heterocycles. The molecule has 3 aromatic rings. The minimum atomic E-state index is -3.84. The Hall–Kier alpha value is -2.85. The summed E-state index contributed by atoms with van der Waals surface area (Å²) in [6.45, 7) is 1.42. The topological polar surface area (TPSA) is 92.3 Å². The summed E-state index contributed by atoms with van der Waals surface area (Å²) < 4.78 is 38.9. The predicted octanol–water partition coefficient (Wildman–Crippen LogP) is 3.14. The highest BCUT2D eigenvalue weighted by Gasteiger charge is 2.30. The molecule has 1 aromatic heterocycles. The summed E-state index contributed by atoms with van der Waals surface area (Å²) in [7, 11) is -3.84. The molecule has 0 bridgehead atoms. The number of carbonyl (C=O) groups is 1. The number of aromatic nitrogens is 2. The smallest absolute Gasteiger partial charge is 0.249 e. The van der Waals surface area contributed by atoms with Gasteiger partial charge in [0.05, 0.1) is 11.9 Å². The van der Waals surface area contributed by atoms with Crippen LogP contribution < -0.4 is 9.62 Å². The summed E-state index contributed by atoms with van der Waals surface area (Å²) >= 11 is 1.17. The third-order valence-corrected chi connectivity index (χ3v) is 5.96. The predicted molar refractivity (Wildman–Crippen MR) is 107 cm³/mol. The normalized spacial score (nSPS) is 12.4. The van der Waals surface area contributed by atoms with Crippen molar-refractivity contribution >= 4 is 38.1 Å². The molecule has 0 saturated heterocycles. The molecule has 0 aliphatic rings. The molecule has 1 atom stereocenters. The Balaban J connectivity index is 1.82. The molecule has 0 spiro atoms. The van der Waals surface area contributed by atoms with Gasteiger partial charge in [-0.25, -0.2) is 12.8 Å². The Morgan fingerprint density at radius 1 is 1.14 bits per heavy atom. The molecule has 1 N–H and O–H groups in total. The molecule has 7 nitrogen and oxygen atoms in total. The lowest BCUT2D eigenvalue weighted by atomic mass is 10.2. The standard InChI is InChI=1S/C18H17FN4O3S2/c1-12(23(28(2,25)26)15-10-6-9-14(19)11-15)16(24)20-18-22-21-17(27-18)13-7-4-3-5-8-13/h3-12H,1-2H3,(H,20,22,24)/t12-/m0/s1. The van der Waals surface area contributed by atoms with E-state index in [1.165, 1.54) is 36.5 Å². The van der Waals surface area contributed by atoms with Crippen molar-refractivity contribution in [1.29, 1.82) is 0 Å². The van der Waals surface area contributed by atoms with Crippen molar-refractivity contribution in [2.24, 2.45) is 0 Å². The number of rotatable bonds is 6. The Morgan fingerprint density at radius 3 is 2.50 bits per heavy atom. The van der Waals surface area contributed by atoms with Gasteiger partial charge in [-0.2, -0.15) is 0 Å². The van der Waals surface area contributed by atoms with E-state index in [-0.39, 0.29) is 10.8 Å². The fourth-order valence-electron chi connectivity index (χ4n) is 2.60. The zero-order valence-corrected chi connectivity index (χ0v) is 16.7. The van der Waals surface area contributed by atoms with Crippen molar-refractivity contribution in [1.82, 2.24) is 10.2 Å². The van der Waals surface area contributed by atoms with Crippen LogP contribution in [0.4, 0.5) is 15.2 Å². The van der Waals surface area contributed by atoms with Gasteiger partial charge in [-0.15, -0.1) is 10.2 Å². The van der Waals surface area contributed by atoms with Gasteiger partial charge >= 0.3 is 0 Å². The first-order valence-corrected chi connectivity index (χ1v) is 10.9. The number of anilines is 2. The van der Waals surface area contributed by atoms with Gasteiger partial charge in [0.25, 0.3) is 0 Å². The van der Waals surface area contributed by atoms with Crippen molar-refractivity contribution in [3.8, 4) is 10.6 Å². The van der Waals surface area contributed by atoms with E-state index in [0.29, 0.717) is 5.01 Å². The highest BCUT2D eigenvalue weighted by Crippen LogP contribution is 2.27. The maximum absolute atomic E-state index is 13.6. The zero-order chi connectivity index (χ0) is 20.3. The van der Waals surface area contributed by atoms with E-state index in [1.807, 2.05) is 30.3 Å². The number of hydrogen-bond acceptors (Lipinski definition) is 6. The first-order valence-electron chi connectivity index (χ1n) is 8.20. The fourth-order valence-corrected chi connectivity index (χ4v) is 4.52. The molecule has 0 radical (unpaired) electrons. The molecule has 0 aliphatic heterocycles. The molecule has 0 aliphatic carbocycles. The van der Waals surface area contributed by atoms with E-state index in [9.17, 15) is 17.6 Å². The molecule has 2 aromatic carbocycles. The van der Waals surface area contributed by atoms with E-state index >= 15 is 0 Å². The van der Waals surface area contributed by atoms with Crippen LogP contribution in [0.25, 0.3) is 10.6 Å². The van der Waals surface area contributed by atoms with E-state index in [2.05, 4.69) is 15.5 Å². The van der Waals surface area contributed by atoms with Gasteiger partial charge in [0.15, 0.2) is 0 Å². The van der Waals surface area contributed by atoms with Gasteiger partial charge < -0.3 is 0 Å². The molecule has 3 rings (SSSR count). The summed E-state index contributed by atoms with van der Waals surface area (Å²) in [5, 5.41) is 11.4. The Kier molecular flexibility index (Phi) is 5.71. The molecule has 146 valence electrons. The van der Waals surface area contributed by atoms with E-state index in [0.717, 1.165) is 22.2 Å². The first-order chi connectivity index (χ1) is 13.3. The lowest BCUT2D eigenvalue weighted by Crippen LogP contribution is -2.45. The number of sulfonamides is 1. The van der Waals surface area contributed by atoms with Gasteiger partial charge in [0.1, 0.15) is 16.9 Å². The molecule has 1 amide bonds. The zero-order valence-electron chi connectivity index (χ0n) is 15.0. The molecular formula is C18H17FN4O3S2. The van der Waals surface area contributed by atoms with Crippen LogP contribution in [0, 0.1) is 5.82 Å². The Morgan fingerprint density at radius 2 is 1.86 bits per heavy atom. The highest BCUT2D eigenvalue weighted by atomic mass is 32.2. The van der Waals surface area contributed by atoms with Gasteiger partial charge in [-0.05, 0) is 25.1 Å². The second-order valence-corrected chi connectivity index (χ2v) is 8.82. The summed E-state index contributed by atoms with van der Waals surface area (Å²) in [5.74, 6) is -1.21. The molecular weight excluding hydrogens is 403 g/mol. The average molecular weight is 420 g/mol. The van der Waals surface area contributed by atoms with Crippen LogP contribution in [0.2, 0.25) is 0 Å². The van der Waals surface area contributed by atoms with Crippen molar-refractivity contribution in [2.75, 3.05) is 15.9 Å². The second-order valence-electron chi connectivity index (χ2n) is 5.98.